The van der Waals surface area contributed by atoms with Crippen molar-refractivity contribution in [2.24, 2.45) is 5.92 Å². The molecule has 1 fully saturated rings. The zero-order chi connectivity index (χ0) is 13.8. The van der Waals surface area contributed by atoms with E-state index in [1.165, 1.54) is 25.7 Å². The molecule has 1 aromatic rings. The minimum atomic E-state index is 0.591. The third-order valence-corrected chi connectivity index (χ3v) is 4.29. The number of nitrogens with two attached hydrogens (primary N) is 1. The average molecular weight is 262 g/mol. The Bertz CT molecular complexity index is 419. The van der Waals surface area contributed by atoms with Gasteiger partial charge in [-0.25, -0.2) is 0 Å². The number of rotatable bonds is 4. The molecule has 2 rings (SSSR count). The minimum absolute atomic E-state index is 0.591. The lowest BCUT2D eigenvalue weighted by Gasteiger charge is -2.38. The lowest BCUT2D eigenvalue weighted by molar-refractivity contribution is 0.321. The van der Waals surface area contributed by atoms with E-state index in [0.717, 1.165) is 23.0 Å². The summed E-state index contributed by atoms with van der Waals surface area (Å²) in [6.07, 6.45) is 5.26. The molecule has 2 atom stereocenters. The smallest absolute Gasteiger partial charge is 0.144 e. The van der Waals surface area contributed by atoms with Crippen molar-refractivity contribution in [1.29, 1.82) is 0 Å². The predicted molar refractivity (Wildman–Crippen MR) is 81.8 cm³/mol. The van der Waals surface area contributed by atoms with E-state index < -0.39 is 0 Å². The number of benzene rings is 1. The number of para-hydroxylation sites is 1. The summed E-state index contributed by atoms with van der Waals surface area (Å²) in [6.45, 7) is 4.99. The van der Waals surface area contributed by atoms with Gasteiger partial charge in [-0.2, -0.15) is 0 Å². The standard InChI is InChI=1S/C16H26N2O/c1-4-19-15-11-7-10-14(16(15)17)18(3)13-9-6-5-8-12(13)2/h7,10-13H,4-6,8-9,17H2,1-3H3. The second-order valence-corrected chi connectivity index (χ2v) is 5.56. The van der Waals surface area contributed by atoms with Crippen LogP contribution in [0.3, 0.4) is 0 Å². The van der Waals surface area contributed by atoms with Gasteiger partial charge >= 0.3 is 0 Å². The zero-order valence-electron chi connectivity index (χ0n) is 12.4. The van der Waals surface area contributed by atoms with Crippen LogP contribution < -0.4 is 15.4 Å². The molecule has 3 heteroatoms. The van der Waals surface area contributed by atoms with Crippen molar-refractivity contribution in [3.63, 3.8) is 0 Å². The molecule has 3 nitrogen and oxygen atoms in total. The topological polar surface area (TPSA) is 38.5 Å². The summed E-state index contributed by atoms with van der Waals surface area (Å²) < 4.78 is 5.59. The van der Waals surface area contributed by atoms with Gasteiger partial charge in [0.2, 0.25) is 0 Å². The maximum Gasteiger partial charge on any atom is 0.144 e. The minimum Gasteiger partial charge on any atom is -0.492 e. The van der Waals surface area contributed by atoms with Crippen LogP contribution in [0.1, 0.15) is 39.5 Å². The van der Waals surface area contributed by atoms with E-state index in [-0.39, 0.29) is 0 Å². The van der Waals surface area contributed by atoms with Crippen molar-refractivity contribution < 1.29 is 4.74 Å². The summed E-state index contributed by atoms with van der Waals surface area (Å²) in [6, 6.07) is 6.66. The summed E-state index contributed by atoms with van der Waals surface area (Å²) in [4.78, 5) is 2.35. The van der Waals surface area contributed by atoms with E-state index in [9.17, 15) is 0 Å². The Kier molecular flexibility index (Phi) is 4.56. The molecule has 2 N–H and O–H groups in total. The number of hydrogen-bond acceptors (Lipinski definition) is 3. The van der Waals surface area contributed by atoms with Crippen LogP contribution in [-0.4, -0.2) is 19.7 Å². The molecule has 1 aliphatic carbocycles. The maximum atomic E-state index is 6.26. The fourth-order valence-corrected chi connectivity index (χ4v) is 3.17. The third-order valence-electron chi connectivity index (χ3n) is 4.29. The summed E-state index contributed by atoms with van der Waals surface area (Å²) >= 11 is 0. The maximum absolute atomic E-state index is 6.26. The first-order valence-corrected chi connectivity index (χ1v) is 7.39. The monoisotopic (exact) mass is 262 g/mol. The second kappa shape index (κ2) is 6.18. The SMILES string of the molecule is CCOc1cccc(N(C)C2CCCCC2C)c1N. The molecule has 0 aliphatic heterocycles. The normalized spacial score (nSPS) is 23.1. The number of hydrogen-bond donors (Lipinski definition) is 1. The predicted octanol–water partition coefficient (Wildman–Crippen LogP) is 3.68. The molecular formula is C16H26N2O. The molecule has 0 radical (unpaired) electrons. The Morgan fingerprint density at radius 2 is 2.05 bits per heavy atom. The van der Waals surface area contributed by atoms with Crippen LogP contribution in [-0.2, 0) is 0 Å². The summed E-state index contributed by atoms with van der Waals surface area (Å²) in [7, 11) is 2.16. The quantitative estimate of drug-likeness (QED) is 0.841. The Morgan fingerprint density at radius 3 is 2.74 bits per heavy atom. The molecular weight excluding hydrogens is 236 g/mol. The Balaban J connectivity index is 2.22. The van der Waals surface area contributed by atoms with Gasteiger partial charge in [-0.3, -0.25) is 0 Å². The molecule has 0 heterocycles. The van der Waals surface area contributed by atoms with Crippen LogP contribution in [0.5, 0.6) is 5.75 Å². The van der Waals surface area contributed by atoms with E-state index >= 15 is 0 Å². The van der Waals surface area contributed by atoms with E-state index in [4.69, 9.17) is 10.5 Å². The zero-order valence-corrected chi connectivity index (χ0v) is 12.4. The highest BCUT2D eigenvalue weighted by molar-refractivity contribution is 5.74. The highest BCUT2D eigenvalue weighted by Gasteiger charge is 2.26. The first kappa shape index (κ1) is 14.0. The number of nitrogens with zero attached hydrogens (tertiary/aromatic N) is 1. The fraction of sp³-hybridized carbons (Fsp3) is 0.625. The summed E-state index contributed by atoms with van der Waals surface area (Å²) in [5, 5.41) is 0. The van der Waals surface area contributed by atoms with Crippen LogP contribution in [0.15, 0.2) is 18.2 Å². The first-order chi connectivity index (χ1) is 9.15. The fourth-order valence-electron chi connectivity index (χ4n) is 3.17. The van der Waals surface area contributed by atoms with Gasteiger partial charge in [-0.1, -0.05) is 25.8 Å². The van der Waals surface area contributed by atoms with E-state index in [1.807, 2.05) is 19.1 Å². The van der Waals surface area contributed by atoms with Gasteiger partial charge in [-0.05, 0) is 37.8 Å². The average Bonchev–Trinajstić information content (AvgIpc) is 2.41. The largest absolute Gasteiger partial charge is 0.492 e. The van der Waals surface area contributed by atoms with Gasteiger partial charge in [0.1, 0.15) is 5.75 Å². The van der Waals surface area contributed by atoms with E-state index in [0.29, 0.717) is 12.6 Å². The van der Waals surface area contributed by atoms with Crippen LogP contribution in [0, 0.1) is 5.92 Å². The van der Waals surface area contributed by atoms with Gasteiger partial charge in [0.15, 0.2) is 0 Å². The molecule has 106 valence electrons. The van der Waals surface area contributed by atoms with Gasteiger partial charge in [0.25, 0.3) is 0 Å². The summed E-state index contributed by atoms with van der Waals surface area (Å²) in [5.74, 6) is 1.53. The molecule has 1 aliphatic rings. The number of nitrogen functional groups attached to an aromatic ring is 1. The van der Waals surface area contributed by atoms with E-state index in [2.05, 4.69) is 24.9 Å². The van der Waals surface area contributed by atoms with Gasteiger partial charge in [0, 0.05) is 13.1 Å². The molecule has 1 saturated carbocycles. The molecule has 2 unspecified atom stereocenters. The third kappa shape index (κ3) is 2.96. The molecule has 0 bridgehead atoms. The van der Waals surface area contributed by atoms with Crippen molar-refractivity contribution >= 4 is 11.4 Å². The second-order valence-electron chi connectivity index (χ2n) is 5.56. The van der Waals surface area contributed by atoms with Crippen molar-refractivity contribution in [2.75, 3.05) is 24.3 Å². The van der Waals surface area contributed by atoms with Crippen LogP contribution in [0.4, 0.5) is 11.4 Å². The number of anilines is 2. The molecule has 19 heavy (non-hydrogen) atoms. The van der Waals surface area contributed by atoms with Crippen molar-refractivity contribution in [3.8, 4) is 5.75 Å². The van der Waals surface area contributed by atoms with Crippen molar-refractivity contribution in [2.45, 2.75) is 45.6 Å². The van der Waals surface area contributed by atoms with Crippen LogP contribution >= 0.6 is 0 Å². The highest BCUT2D eigenvalue weighted by Crippen LogP contribution is 2.36. The van der Waals surface area contributed by atoms with Crippen molar-refractivity contribution in [1.82, 2.24) is 0 Å². The van der Waals surface area contributed by atoms with E-state index in [1.54, 1.807) is 0 Å². The molecule has 0 aromatic heterocycles. The molecule has 0 amide bonds. The number of ether oxygens (including phenoxy) is 1. The van der Waals surface area contributed by atoms with Crippen LogP contribution in [0.25, 0.3) is 0 Å². The Hall–Kier alpha value is -1.38. The molecule has 0 saturated heterocycles. The Morgan fingerprint density at radius 1 is 1.32 bits per heavy atom. The van der Waals surface area contributed by atoms with Crippen LogP contribution in [0.2, 0.25) is 0 Å². The van der Waals surface area contributed by atoms with Crippen molar-refractivity contribution in [3.05, 3.63) is 18.2 Å². The lowest BCUT2D eigenvalue weighted by atomic mass is 9.85. The lowest BCUT2D eigenvalue weighted by Crippen LogP contribution is -2.39. The Labute approximate surface area is 116 Å². The van der Waals surface area contributed by atoms with Gasteiger partial charge in [0.05, 0.1) is 18.0 Å². The molecule has 0 spiro atoms. The molecule has 1 aromatic carbocycles. The summed E-state index contributed by atoms with van der Waals surface area (Å²) in [5.41, 5.74) is 8.13. The highest BCUT2D eigenvalue weighted by atomic mass is 16.5. The van der Waals surface area contributed by atoms with Gasteiger partial charge < -0.3 is 15.4 Å². The first-order valence-electron chi connectivity index (χ1n) is 7.39. The van der Waals surface area contributed by atoms with Gasteiger partial charge in [-0.15, -0.1) is 0 Å².